The lowest BCUT2D eigenvalue weighted by Crippen LogP contribution is -2.55. The van der Waals surface area contributed by atoms with Gasteiger partial charge in [-0.05, 0) is 12.3 Å². The van der Waals surface area contributed by atoms with E-state index in [1.165, 1.54) is 0 Å². The lowest BCUT2D eigenvalue weighted by molar-refractivity contribution is -0.491. The zero-order chi connectivity index (χ0) is 8.06. The van der Waals surface area contributed by atoms with Crippen LogP contribution in [0.1, 0.15) is 20.3 Å². The summed E-state index contributed by atoms with van der Waals surface area (Å²) in [5, 5.41) is 14.6. The Balaban J connectivity index is 2.17. The molecule has 2 rings (SSSR count). The van der Waals surface area contributed by atoms with Crippen LogP contribution in [0.4, 0.5) is 0 Å². The maximum absolute atomic E-state index is 11.7. The summed E-state index contributed by atoms with van der Waals surface area (Å²) in [6, 6.07) is 0. The monoisotopic (exact) mass is 156 g/mol. The van der Waals surface area contributed by atoms with Gasteiger partial charge in [0, 0.05) is 12.5 Å². The van der Waals surface area contributed by atoms with Gasteiger partial charge in [0.25, 0.3) is 0 Å². The second-order valence-corrected chi connectivity index (χ2v) is 3.78. The van der Waals surface area contributed by atoms with Crippen LogP contribution in [0.3, 0.4) is 0 Å². The van der Waals surface area contributed by atoms with Crippen LogP contribution < -0.4 is 10.4 Å². The van der Waals surface area contributed by atoms with Gasteiger partial charge in [0.15, 0.2) is 0 Å². The number of rotatable bonds is 0. The first kappa shape index (κ1) is 7.53. The fourth-order valence-electron chi connectivity index (χ4n) is 2.09. The van der Waals surface area contributed by atoms with Crippen molar-refractivity contribution in [3.63, 3.8) is 0 Å². The molecule has 0 unspecified atom stereocenters. The van der Waals surface area contributed by atoms with E-state index in [4.69, 9.17) is 4.74 Å². The largest absolute Gasteiger partial charge is 0.838 e. The van der Waals surface area contributed by atoms with E-state index in [2.05, 4.69) is 5.32 Å². The Morgan fingerprint density at radius 1 is 1.64 bits per heavy atom. The topological polar surface area (TPSA) is 44.3 Å². The highest BCUT2D eigenvalue weighted by Crippen LogP contribution is 2.37. The lowest BCUT2D eigenvalue weighted by atomic mass is 9.89. The third-order valence-electron chi connectivity index (χ3n) is 3.08. The number of hydrogen-bond donors (Lipinski definition) is 1. The molecule has 0 bridgehead atoms. The van der Waals surface area contributed by atoms with Gasteiger partial charge in [-0.15, -0.1) is 0 Å². The molecule has 0 saturated carbocycles. The Labute approximate surface area is 66.7 Å². The average Bonchev–Trinajstić information content (AvgIpc) is 2.39. The third-order valence-corrected chi connectivity index (χ3v) is 3.08. The van der Waals surface area contributed by atoms with Crippen LogP contribution in [0.15, 0.2) is 0 Å². The van der Waals surface area contributed by atoms with Gasteiger partial charge in [0.05, 0.1) is 0 Å². The van der Waals surface area contributed by atoms with E-state index in [0.717, 1.165) is 13.0 Å². The van der Waals surface area contributed by atoms with Gasteiger partial charge in [-0.25, -0.2) is 0 Å². The van der Waals surface area contributed by atoms with E-state index in [1.54, 1.807) is 6.92 Å². The predicted molar refractivity (Wildman–Crippen MR) is 38.6 cm³/mol. The second-order valence-electron chi connectivity index (χ2n) is 3.78. The zero-order valence-corrected chi connectivity index (χ0v) is 6.96. The molecule has 2 aliphatic rings. The molecule has 0 aromatic heterocycles. The lowest BCUT2D eigenvalue weighted by Gasteiger charge is -2.38. The Hall–Kier alpha value is -0.120. The summed E-state index contributed by atoms with van der Waals surface area (Å²) in [5.41, 5.74) is -0.976. The van der Waals surface area contributed by atoms with Gasteiger partial charge in [0.1, 0.15) is 6.23 Å². The van der Waals surface area contributed by atoms with Crippen LogP contribution in [-0.2, 0) is 4.74 Å². The molecule has 4 atom stereocenters. The maximum Gasteiger partial charge on any atom is 0.110 e. The van der Waals surface area contributed by atoms with Crippen molar-refractivity contribution in [2.75, 3.05) is 6.61 Å². The molecular formula is C8H14NO2-. The molecule has 0 aromatic rings. The van der Waals surface area contributed by atoms with E-state index in [9.17, 15) is 5.11 Å². The molecule has 2 heterocycles. The molecular weight excluding hydrogens is 142 g/mol. The third kappa shape index (κ3) is 0.991. The predicted octanol–water partition coefficient (Wildman–Crippen LogP) is -0.335. The van der Waals surface area contributed by atoms with Crippen LogP contribution in [0, 0.1) is 11.8 Å². The van der Waals surface area contributed by atoms with Crippen molar-refractivity contribution in [3.8, 4) is 0 Å². The summed E-state index contributed by atoms with van der Waals surface area (Å²) in [6.45, 7) is 4.53. The molecule has 0 radical (unpaired) electrons. The van der Waals surface area contributed by atoms with Crippen LogP contribution in [0.25, 0.3) is 0 Å². The Morgan fingerprint density at radius 2 is 2.36 bits per heavy atom. The Morgan fingerprint density at radius 3 is 3.00 bits per heavy atom. The highest BCUT2D eigenvalue weighted by Gasteiger charge is 2.44. The summed E-state index contributed by atoms with van der Waals surface area (Å²) in [7, 11) is 0. The van der Waals surface area contributed by atoms with Gasteiger partial charge in [0.2, 0.25) is 0 Å². The maximum atomic E-state index is 11.7. The number of ether oxygens (including phenoxy) is 1. The highest BCUT2D eigenvalue weighted by atomic mass is 16.5. The molecule has 3 nitrogen and oxygen atoms in total. The highest BCUT2D eigenvalue weighted by molar-refractivity contribution is 4.95. The molecule has 3 heteroatoms. The van der Waals surface area contributed by atoms with Crippen molar-refractivity contribution in [1.29, 1.82) is 0 Å². The quantitative estimate of drug-likeness (QED) is 0.522. The fraction of sp³-hybridized carbons (Fsp3) is 1.00. The van der Waals surface area contributed by atoms with Crippen molar-refractivity contribution in [3.05, 3.63) is 0 Å². The van der Waals surface area contributed by atoms with Crippen LogP contribution in [-0.4, -0.2) is 18.6 Å². The minimum atomic E-state index is -0.976. The van der Waals surface area contributed by atoms with Crippen molar-refractivity contribution in [2.45, 2.75) is 32.2 Å². The standard InChI is InChI=1S/C8H14NO2/c1-5-6-3-4-11-7(6)9-8(5,2)10/h5-7,9H,3-4H2,1-2H3/q-1/t5-,6+,7+,8-/m0/s1. The molecule has 11 heavy (non-hydrogen) atoms. The fourth-order valence-corrected chi connectivity index (χ4v) is 2.09. The van der Waals surface area contributed by atoms with Crippen molar-refractivity contribution in [1.82, 2.24) is 5.32 Å². The summed E-state index contributed by atoms with van der Waals surface area (Å²) >= 11 is 0. The molecule has 0 spiro atoms. The van der Waals surface area contributed by atoms with Crippen molar-refractivity contribution < 1.29 is 9.84 Å². The van der Waals surface area contributed by atoms with Crippen LogP contribution in [0.2, 0.25) is 0 Å². The molecule has 64 valence electrons. The number of hydrogen-bond acceptors (Lipinski definition) is 3. The molecule has 2 fully saturated rings. The molecule has 0 aliphatic carbocycles. The first-order chi connectivity index (χ1) is 5.11. The zero-order valence-electron chi connectivity index (χ0n) is 6.96. The van der Waals surface area contributed by atoms with E-state index >= 15 is 0 Å². The summed E-state index contributed by atoms with van der Waals surface area (Å²) < 4.78 is 5.37. The summed E-state index contributed by atoms with van der Waals surface area (Å²) in [6.07, 6.45) is 1.07. The SMILES string of the molecule is C[C@H]1[C@H]2CCO[C@H]2N[C@@]1(C)[O-]. The average molecular weight is 156 g/mol. The second kappa shape index (κ2) is 2.19. The first-order valence-electron chi connectivity index (χ1n) is 4.21. The van der Waals surface area contributed by atoms with Gasteiger partial charge in [-0.1, -0.05) is 19.6 Å². The van der Waals surface area contributed by atoms with Gasteiger partial charge >= 0.3 is 0 Å². The van der Waals surface area contributed by atoms with Gasteiger partial charge in [-0.2, -0.15) is 0 Å². The van der Waals surface area contributed by atoms with Crippen molar-refractivity contribution >= 4 is 0 Å². The van der Waals surface area contributed by atoms with Crippen molar-refractivity contribution in [2.24, 2.45) is 11.8 Å². The smallest absolute Gasteiger partial charge is 0.110 e. The Bertz CT molecular complexity index is 169. The van der Waals surface area contributed by atoms with E-state index < -0.39 is 5.72 Å². The van der Waals surface area contributed by atoms with Gasteiger partial charge in [-0.3, -0.25) is 0 Å². The van der Waals surface area contributed by atoms with Crippen LogP contribution >= 0.6 is 0 Å². The molecule has 1 N–H and O–H groups in total. The van der Waals surface area contributed by atoms with Gasteiger partial charge < -0.3 is 15.2 Å². The van der Waals surface area contributed by atoms with E-state index in [-0.39, 0.29) is 12.1 Å². The minimum absolute atomic E-state index is 0.0347. The summed E-state index contributed by atoms with van der Waals surface area (Å²) in [5.74, 6) is 0.632. The number of fused-ring (bicyclic) bond motifs is 1. The number of nitrogens with one attached hydrogen (secondary N) is 1. The minimum Gasteiger partial charge on any atom is -0.838 e. The molecule has 2 aliphatic heterocycles. The Kier molecular flexibility index (Phi) is 1.50. The normalized spacial score (nSPS) is 56.5. The first-order valence-corrected chi connectivity index (χ1v) is 4.21. The molecule has 0 aromatic carbocycles. The van der Waals surface area contributed by atoms with Crippen LogP contribution in [0.5, 0.6) is 0 Å². The molecule has 0 amide bonds. The van der Waals surface area contributed by atoms with E-state index in [0.29, 0.717) is 5.92 Å². The van der Waals surface area contributed by atoms with E-state index in [1.807, 2.05) is 6.92 Å². The molecule has 2 saturated heterocycles. The summed E-state index contributed by atoms with van der Waals surface area (Å²) in [4.78, 5) is 0.